The summed E-state index contributed by atoms with van der Waals surface area (Å²) in [5.41, 5.74) is 4.95. The minimum absolute atomic E-state index is 0.326. The zero-order valence-corrected chi connectivity index (χ0v) is 8.64. The van der Waals surface area contributed by atoms with Crippen molar-refractivity contribution in [3.8, 4) is 0 Å². The summed E-state index contributed by atoms with van der Waals surface area (Å²) in [5.74, 6) is 1.40. The van der Waals surface area contributed by atoms with Gasteiger partial charge in [0.05, 0.1) is 11.6 Å². The van der Waals surface area contributed by atoms with Gasteiger partial charge in [0.15, 0.2) is 0 Å². The third kappa shape index (κ3) is 0.890. The molecule has 0 fully saturated rings. The lowest BCUT2D eigenvalue weighted by atomic mass is 9.93. The monoisotopic (exact) mass is 206 g/mol. The van der Waals surface area contributed by atoms with E-state index in [2.05, 4.69) is 52.8 Å². The number of aliphatic imine (C=N–C) groups is 1. The first-order valence-corrected chi connectivity index (χ1v) is 5.47. The highest BCUT2D eigenvalue weighted by Gasteiger charge is 2.34. The molecule has 0 aliphatic carbocycles. The Morgan fingerprint density at radius 1 is 0.875 bits per heavy atom. The second-order valence-corrected chi connectivity index (χ2v) is 4.20. The van der Waals surface area contributed by atoms with Crippen LogP contribution in [0, 0.1) is 0 Å². The fourth-order valence-electron chi connectivity index (χ4n) is 2.59. The Balaban J connectivity index is 1.98. The van der Waals surface area contributed by atoms with E-state index in [9.17, 15) is 0 Å². The Bertz CT molecular complexity index is 614. The van der Waals surface area contributed by atoms with Crippen molar-refractivity contribution in [2.75, 3.05) is 5.32 Å². The zero-order valence-electron chi connectivity index (χ0n) is 8.64. The van der Waals surface area contributed by atoms with Gasteiger partial charge in [-0.15, -0.1) is 0 Å². The smallest absolute Gasteiger partial charge is 0.119 e. The molecule has 1 N–H and O–H groups in total. The van der Waals surface area contributed by atoms with Gasteiger partial charge in [0.2, 0.25) is 0 Å². The molecule has 1 unspecified atom stereocenters. The predicted octanol–water partition coefficient (Wildman–Crippen LogP) is 3.29. The largest absolute Gasteiger partial charge is 0.343 e. The maximum atomic E-state index is 4.63. The molecular formula is C14H10N2. The molecule has 16 heavy (non-hydrogen) atoms. The Kier molecular flexibility index (Phi) is 1.38. The Labute approximate surface area is 93.7 Å². The van der Waals surface area contributed by atoms with Gasteiger partial charge in [0.25, 0.3) is 0 Å². The molecule has 0 spiro atoms. The van der Waals surface area contributed by atoms with Crippen LogP contribution in [-0.2, 0) is 0 Å². The summed E-state index contributed by atoms with van der Waals surface area (Å²) in [6.07, 6.45) is 0. The molecular weight excluding hydrogens is 196 g/mol. The van der Waals surface area contributed by atoms with Gasteiger partial charge in [-0.3, -0.25) is 0 Å². The van der Waals surface area contributed by atoms with Gasteiger partial charge < -0.3 is 5.32 Å². The number of hydrogen-bond acceptors (Lipinski definition) is 2. The summed E-state index contributed by atoms with van der Waals surface area (Å²) in [7, 11) is 0. The topological polar surface area (TPSA) is 24.4 Å². The van der Waals surface area contributed by atoms with E-state index >= 15 is 0 Å². The SMILES string of the molecule is c1ccc2c(c1)N=C1Nc3ccccc3C12. The number of amidine groups is 1. The van der Waals surface area contributed by atoms with Crippen LogP contribution in [0.25, 0.3) is 0 Å². The van der Waals surface area contributed by atoms with E-state index in [1.807, 2.05) is 6.07 Å². The number of benzene rings is 2. The van der Waals surface area contributed by atoms with Crippen molar-refractivity contribution in [3.05, 3.63) is 59.7 Å². The number of nitrogens with one attached hydrogen (secondary N) is 1. The van der Waals surface area contributed by atoms with Crippen LogP contribution in [-0.4, -0.2) is 5.84 Å². The first-order chi connectivity index (χ1) is 7.93. The standard InChI is InChI=1S/C14H10N2/c1-3-7-11-9(5-1)13-10-6-2-4-8-12(10)16-14(13)15-11/h1-8,13H,(H,15,16). The van der Waals surface area contributed by atoms with E-state index < -0.39 is 0 Å². The molecule has 0 amide bonds. The minimum atomic E-state index is 0.326. The first kappa shape index (κ1) is 8.11. The van der Waals surface area contributed by atoms with Gasteiger partial charge in [-0.1, -0.05) is 36.4 Å². The van der Waals surface area contributed by atoms with Gasteiger partial charge in [0, 0.05) is 5.69 Å². The fourth-order valence-corrected chi connectivity index (χ4v) is 2.59. The molecule has 2 nitrogen and oxygen atoms in total. The number of nitrogens with zero attached hydrogens (tertiary/aromatic N) is 1. The predicted molar refractivity (Wildman–Crippen MR) is 65.4 cm³/mol. The van der Waals surface area contributed by atoms with Crippen molar-refractivity contribution in [1.82, 2.24) is 0 Å². The van der Waals surface area contributed by atoms with Gasteiger partial charge in [-0.05, 0) is 23.3 Å². The van der Waals surface area contributed by atoms with E-state index in [1.165, 1.54) is 16.8 Å². The third-order valence-corrected chi connectivity index (χ3v) is 3.30. The van der Waals surface area contributed by atoms with Gasteiger partial charge >= 0.3 is 0 Å². The molecule has 0 saturated heterocycles. The molecule has 2 aliphatic heterocycles. The van der Waals surface area contributed by atoms with Crippen LogP contribution in [0.15, 0.2) is 53.5 Å². The molecule has 2 heteroatoms. The molecule has 76 valence electrons. The lowest BCUT2D eigenvalue weighted by Crippen LogP contribution is -2.08. The highest BCUT2D eigenvalue weighted by Crippen LogP contribution is 2.45. The van der Waals surface area contributed by atoms with Crippen molar-refractivity contribution in [3.63, 3.8) is 0 Å². The number of anilines is 1. The number of hydrogen-bond donors (Lipinski definition) is 1. The first-order valence-electron chi connectivity index (χ1n) is 5.47. The fraction of sp³-hybridized carbons (Fsp3) is 0.0714. The second kappa shape index (κ2) is 2.73. The van der Waals surface area contributed by atoms with E-state index in [0.29, 0.717) is 5.92 Å². The van der Waals surface area contributed by atoms with Crippen molar-refractivity contribution in [1.29, 1.82) is 0 Å². The Morgan fingerprint density at radius 3 is 2.56 bits per heavy atom. The Morgan fingerprint density at radius 2 is 1.62 bits per heavy atom. The average Bonchev–Trinajstić information content (AvgIpc) is 2.83. The molecule has 0 bridgehead atoms. The molecule has 0 aromatic heterocycles. The lowest BCUT2D eigenvalue weighted by Gasteiger charge is -2.06. The number of fused-ring (bicyclic) bond motifs is 5. The van der Waals surface area contributed by atoms with Crippen LogP contribution in [0.3, 0.4) is 0 Å². The summed E-state index contributed by atoms with van der Waals surface area (Å²) in [4.78, 5) is 4.63. The lowest BCUT2D eigenvalue weighted by molar-refractivity contribution is 1.15. The third-order valence-electron chi connectivity index (χ3n) is 3.30. The number of rotatable bonds is 0. The van der Waals surface area contributed by atoms with E-state index in [-0.39, 0.29) is 0 Å². The van der Waals surface area contributed by atoms with Crippen molar-refractivity contribution in [2.24, 2.45) is 4.99 Å². The Hall–Kier alpha value is -2.09. The van der Waals surface area contributed by atoms with E-state index in [1.54, 1.807) is 0 Å². The normalized spacial score (nSPS) is 19.5. The van der Waals surface area contributed by atoms with Crippen molar-refractivity contribution < 1.29 is 0 Å². The maximum Gasteiger partial charge on any atom is 0.119 e. The summed E-state index contributed by atoms with van der Waals surface area (Å²) in [6.45, 7) is 0. The summed E-state index contributed by atoms with van der Waals surface area (Å²) < 4.78 is 0. The maximum absolute atomic E-state index is 4.63. The second-order valence-electron chi connectivity index (χ2n) is 4.20. The summed E-state index contributed by atoms with van der Waals surface area (Å²) >= 11 is 0. The van der Waals surface area contributed by atoms with Gasteiger partial charge in [0.1, 0.15) is 5.84 Å². The van der Waals surface area contributed by atoms with Crippen LogP contribution in [0.4, 0.5) is 11.4 Å². The molecule has 2 aliphatic rings. The molecule has 0 saturated carbocycles. The van der Waals surface area contributed by atoms with E-state index in [0.717, 1.165) is 11.5 Å². The van der Waals surface area contributed by atoms with Crippen LogP contribution >= 0.6 is 0 Å². The van der Waals surface area contributed by atoms with Crippen LogP contribution in [0.5, 0.6) is 0 Å². The van der Waals surface area contributed by atoms with Gasteiger partial charge in [-0.25, -0.2) is 4.99 Å². The quantitative estimate of drug-likeness (QED) is 0.702. The molecule has 2 aromatic rings. The van der Waals surface area contributed by atoms with Crippen LogP contribution in [0.1, 0.15) is 17.0 Å². The average molecular weight is 206 g/mol. The van der Waals surface area contributed by atoms with Crippen molar-refractivity contribution >= 4 is 17.2 Å². The van der Waals surface area contributed by atoms with E-state index in [4.69, 9.17) is 0 Å². The zero-order chi connectivity index (χ0) is 10.5. The van der Waals surface area contributed by atoms with Gasteiger partial charge in [-0.2, -0.15) is 0 Å². The van der Waals surface area contributed by atoms with Crippen LogP contribution in [0.2, 0.25) is 0 Å². The van der Waals surface area contributed by atoms with Crippen molar-refractivity contribution in [2.45, 2.75) is 5.92 Å². The summed E-state index contributed by atoms with van der Waals surface area (Å²) in [5, 5.41) is 3.39. The minimum Gasteiger partial charge on any atom is -0.343 e. The number of para-hydroxylation sites is 2. The molecule has 0 radical (unpaired) electrons. The highest BCUT2D eigenvalue weighted by molar-refractivity contribution is 6.12. The molecule has 2 heterocycles. The molecule has 4 rings (SSSR count). The molecule has 2 aromatic carbocycles. The van der Waals surface area contributed by atoms with Crippen LogP contribution < -0.4 is 5.32 Å². The molecule has 1 atom stereocenters. The highest BCUT2D eigenvalue weighted by atomic mass is 15.1. The summed E-state index contributed by atoms with van der Waals surface area (Å²) in [6, 6.07) is 16.8.